The fourth-order valence-electron chi connectivity index (χ4n) is 3.25. The molecule has 2 fully saturated rings. The predicted octanol–water partition coefficient (Wildman–Crippen LogP) is 1.91. The minimum atomic E-state index is -0.291. The van der Waals surface area contributed by atoms with Crippen LogP contribution < -0.4 is 11.2 Å². The molecule has 2 aliphatic heterocycles. The van der Waals surface area contributed by atoms with Gasteiger partial charge in [0, 0.05) is 19.1 Å². The summed E-state index contributed by atoms with van der Waals surface area (Å²) in [7, 11) is -0.280. The summed E-state index contributed by atoms with van der Waals surface area (Å²) in [6, 6.07) is 8.94. The predicted molar refractivity (Wildman–Crippen MR) is 94.6 cm³/mol. The van der Waals surface area contributed by atoms with E-state index in [4.69, 9.17) is 15.0 Å². The van der Waals surface area contributed by atoms with Crippen LogP contribution in [0.2, 0.25) is 0 Å². The third kappa shape index (κ3) is 3.63. The van der Waals surface area contributed by atoms with Crippen LogP contribution in [-0.4, -0.2) is 42.4 Å². The first-order valence-corrected chi connectivity index (χ1v) is 8.69. The van der Waals surface area contributed by atoms with E-state index >= 15 is 0 Å². The number of likely N-dealkylation sites (tertiary alicyclic amines) is 1. The van der Waals surface area contributed by atoms with Gasteiger partial charge in [-0.15, -0.1) is 0 Å². The molecule has 0 aromatic heterocycles. The van der Waals surface area contributed by atoms with Gasteiger partial charge in [-0.05, 0) is 58.1 Å². The summed E-state index contributed by atoms with van der Waals surface area (Å²) in [6.45, 7) is 11.5. The van der Waals surface area contributed by atoms with E-state index in [1.165, 1.54) is 12.0 Å². The molecule has 2 heterocycles. The Bertz CT molecular complexity index is 528. The summed E-state index contributed by atoms with van der Waals surface area (Å²) in [4.78, 5) is 2.44. The van der Waals surface area contributed by atoms with Gasteiger partial charge in [0.2, 0.25) is 0 Å². The summed E-state index contributed by atoms with van der Waals surface area (Å²) in [5.74, 6) is 0. The number of hydrogen-bond donors (Lipinski definition) is 1. The largest absolute Gasteiger partial charge is 0.494 e. The maximum atomic E-state index is 6.10. The lowest BCUT2D eigenvalue weighted by molar-refractivity contribution is 0.00578. The van der Waals surface area contributed by atoms with Gasteiger partial charge in [-0.3, -0.25) is 4.90 Å². The van der Waals surface area contributed by atoms with Crippen molar-refractivity contribution in [2.75, 3.05) is 13.1 Å². The first kappa shape index (κ1) is 17.0. The second kappa shape index (κ2) is 6.21. The van der Waals surface area contributed by atoms with Gasteiger partial charge >= 0.3 is 7.12 Å². The number of nitrogens with zero attached hydrogens (tertiary/aromatic N) is 1. The van der Waals surface area contributed by atoms with E-state index in [2.05, 4.69) is 56.9 Å². The van der Waals surface area contributed by atoms with E-state index in [0.717, 1.165) is 31.5 Å². The fraction of sp³-hybridized carbons (Fsp3) is 0.667. The Morgan fingerprint density at radius 1 is 1.13 bits per heavy atom. The molecule has 2 aliphatic rings. The van der Waals surface area contributed by atoms with Gasteiger partial charge in [-0.1, -0.05) is 24.3 Å². The third-order valence-electron chi connectivity index (χ3n) is 5.45. The van der Waals surface area contributed by atoms with E-state index < -0.39 is 0 Å². The first-order chi connectivity index (χ1) is 10.8. The molecule has 0 aliphatic carbocycles. The summed E-state index contributed by atoms with van der Waals surface area (Å²) in [6.07, 6.45) is 2.35. The summed E-state index contributed by atoms with van der Waals surface area (Å²) < 4.78 is 12.2. The molecular formula is C18H29BN2O2. The minimum Gasteiger partial charge on any atom is -0.399 e. The monoisotopic (exact) mass is 316 g/mol. The Kier molecular flexibility index (Phi) is 4.58. The van der Waals surface area contributed by atoms with Crippen LogP contribution in [0.5, 0.6) is 0 Å². The van der Waals surface area contributed by atoms with Crippen molar-refractivity contribution in [1.82, 2.24) is 4.90 Å². The van der Waals surface area contributed by atoms with Crippen LogP contribution in [0.3, 0.4) is 0 Å². The van der Waals surface area contributed by atoms with Gasteiger partial charge in [0.25, 0.3) is 0 Å². The van der Waals surface area contributed by atoms with E-state index in [1.54, 1.807) is 0 Å². The Morgan fingerprint density at radius 3 is 2.30 bits per heavy atom. The number of benzene rings is 1. The maximum absolute atomic E-state index is 6.10. The van der Waals surface area contributed by atoms with Crippen LogP contribution in [0.1, 0.15) is 46.1 Å². The molecule has 5 heteroatoms. The van der Waals surface area contributed by atoms with Crippen molar-refractivity contribution in [3.05, 3.63) is 29.8 Å². The Balaban J connectivity index is 1.64. The van der Waals surface area contributed by atoms with Crippen molar-refractivity contribution >= 4 is 12.6 Å². The normalized spacial score (nSPS) is 27.3. The smallest absolute Gasteiger partial charge is 0.399 e. The summed E-state index contributed by atoms with van der Waals surface area (Å²) in [5.41, 5.74) is 7.88. The van der Waals surface area contributed by atoms with Gasteiger partial charge in [0.05, 0.1) is 11.2 Å². The summed E-state index contributed by atoms with van der Waals surface area (Å²) >= 11 is 0. The van der Waals surface area contributed by atoms with Gasteiger partial charge in [-0.25, -0.2) is 0 Å². The van der Waals surface area contributed by atoms with Crippen LogP contribution in [0.25, 0.3) is 0 Å². The molecule has 2 N–H and O–H groups in total. The molecule has 0 spiro atoms. The van der Waals surface area contributed by atoms with E-state index in [9.17, 15) is 0 Å². The molecular weight excluding hydrogens is 287 g/mol. The first-order valence-electron chi connectivity index (χ1n) is 8.69. The van der Waals surface area contributed by atoms with E-state index in [1.807, 2.05) is 0 Å². The number of piperidine rings is 1. The molecule has 0 amide bonds. The molecule has 126 valence electrons. The third-order valence-corrected chi connectivity index (χ3v) is 5.45. The zero-order valence-corrected chi connectivity index (χ0v) is 14.8. The lowest BCUT2D eigenvalue weighted by Crippen LogP contribution is -2.42. The molecule has 3 rings (SSSR count). The van der Waals surface area contributed by atoms with Crippen LogP contribution in [0.15, 0.2) is 24.3 Å². The van der Waals surface area contributed by atoms with Gasteiger partial charge < -0.3 is 15.0 Å². The minimum absolute atomic E-state index is 0.280. The molecule has 2 saturated heterocycles. The highest BCUT2D eigenvalue weighted by molar-refractivity contribution is 6.62. The Labute approximate surface area is 140 Å². The van der Waals surface area contributed by atoms with E-state index in [-0.39, 0.29) is 18.3 Å². The highest BCUT2D eigenvalue weighted by atomic mass is 16.7. The van der Waals surface area contributed by atoms with Crippen molar-refractivity contribution < 1.29 is 9.31 Å². The number of nitrogens with two attached hydrogens (primary N) is 1. The lowest BCUT2D eigenvalue weighted by atomic mass is 9.79. The van der Waals surface area contributed by atoms with E-state index in [0.29, 0.717) is 6.04 Å². The summed E-state index contributed by atoms with van der Waals surface area (Å²) in [5, 5.41) is 0. The zero-order chi connectivity index (χ0) is 16.7. The molecule has 23 heavy (non-hydrogen) atoms. The standard InChI is InChI=1S/C18H29BN2O2/c1-17(2)18(3,4)23-19(22-17)15-9-7-14(8-10-15)12-21-11-5-6-16(20)13-21/h7-10,16H,5-6,11-13,20H2,1-4H3. The number of rotatable bonds is 3. The Morgan fingerprint density at radius 2 is 1.74 bits per heavy atom. The fourth-order valence-corrected chi connectivity index (χ4v) is 3.25. The average molecular weight is 316 g/mol. The van der Waals surface area contributed by atoms with Crippen molar-refractivity contribution in [2.24, 2.45) is 5.73 Å². The average Bonchev–Trinajstić information content (AvgIpc) is 2.68. The van der Waals surface area contributed by atoms with Crippen LogP contribution in [-0.2, 0) is 15.9 Å². The lowest BCUT2D eigenvalue weighted by Gasteiger charge is -2.32. The van der Waals surface area contributed by atoms with Crippen molar-refractivity contribution in [2.45, 2.75) is 64.3 Å². The zero-order valence-electron chi connectivity index (χ0n) is 14.8. The topological polar surface area (TPSA) is 47.7 Å². The second-order valence-corrected chi connectivity index (χ2v) is 7.97. The molecule has 0 bridgehead atoms. The molecule has 1 aromatic carbocycles. The van der Waals surface area contributed by atoms with Crippen molar-refractivity contribution in [3.8, 4) is 0 Å². The number of hydrogen-bond acceptors (Lipinski definition) is 4. The molecule has 1 unspecified atom stereocenters. The van der Waals surface area contributed by atoms with Gasteiger partial charge in [0.1, 0.15) is 0 Å². The van der Waals surface area contributed by atoms with Crippen LogP contribution in [0, 0.1) is 0 Å². The van der Waals surface area contributed by atoms with Crippen LogP contribution in [0.4, 0.5) is 0 Å². The molecule has 4 nitrogen and oxygen atoms in total. The van der Waals surface area contributed by atoms with Crippen LogP contribution >= 0.6 is 0 Å². The second-order valence-electron chi connectivity index (χ2n) is 7.97. The Hall–Kier alpha value is -0.875. The quantitative estimate of drug-likeness (QED) is 0.866. The molecule has 1 atom stereocenters. The highest BCUT2D eigenvalue weighted by Crippen LogP contribution is 2.36. The van der Waals surface area contributed by atoms with Gasteiger partial charge in [0.15, 0.2) is 0 Å². The SMILES string of the molecule is CC1(C)OB(c2ccc(CN3CCCC(N)C3)cc2)OC1(C)C. The molecule has 0 radical (unpaired) electrons. The van der Waals surface area contributed by atoms with Crippen molar-refractivity contribution in [3.63, 3.8) is 0 Å². The van der Waals surface area contributed by atoms with Gasteiger partial charge in [-0.2, -0.15) is 0 Å². The highest BCUT2D eigenvalue weighted by Gasteiger charge is 2.51. The maximum Gasteiger partial charge on any atom is 0.494 e. The van der Waals surface area contributed by atoms with Crippen molar-refractivity contribution in [1.29, 1.82) is 0 Å². The molecule has 0 saturated carbocycles. The molecule has 1 aromatic rings.